The summed E-state index contributed by atoms with van der Waals surface area (Å²) < 4.78 is 48.1. The monoisotopic (exact) mass is 483 g/mol. The molecule has 4 rings (SSSR count). The van der Waals surface area contributed by atoms with Gasteiger partial charge >= 0.3 is 6.18 Å². The third kappa shape index (κ3) is 5.24. The summed E-state index contributed by atoms with van der Waals surface area (Å²) in [6, 6.07) is 15.7. The number of rotatable bonds is 5. The zero-order valence-corrected chi connectivity index (χ0v) is 19.3. The second-order valence-corrected chi connectivity index (χ2v) is 8.36. The van der Waals surface area contributed by atoms with E-state index >= 15 is 0 Å². The van der Waals surface area contributed by atoms with Crippen LogP contribution in [0.1, 0.15) is 27.3 Å². The number of carbonyl (C=O) groups is 1. The molecule has 1 aliphatic rings. The van der Waals surface area contributed by atoms with Crippen LogP contribution in [0.5, 0.6) is 5.75 Å². The van der Waals surface area contributed by atoms with E-state index in [2.05, 4.69) is 5.10 Å². The van der Waals surface area contributed by atoms with Gasteiger partial charge in [0.25, 0.3) is 5.91 Å². The van der Waals surface area contributed by atoms with Gasteiger partial charge in [0, 0.05) is 38.1 Å². The summed E-state index contributed by atoms with van der Waals surface area (Å²) in [5.41, 5.74) is 0.0747. The van der Waals surface area contributed by atoms with Crippen molar-refractivity contribution in [1.82, 2.24) is 14.7 Å². The minimum Gasteiger partial charge on any atom is -0.491 e. The maximum Gasteiger partial charge on any atom is 0.417 e. The molecule has 1 aliphatic heterocycles. The predicted octanol–water partition coefficient (Wildman–Crippen LogP) is 4.03. The van der Waals surface area contributed by atoms with Crippen LogP contribution < -0.4 is 9.64 Å². The van der Waals surface area contributed by atoms with Crippen LogP contribution in [0.3, 0.4) is 0 Å². The lowest BCUT2D eigenvalue weighted by atomic mass is 10.0. The topological polar surface area (TPSA) is 74.4 Å². The number of benzene rings is 2. The Morgan fingerprint density at radius 3 is 2.54 bits per heavy atom. The van der Waals surface area contributed by atoms with Crippen molar-refractivity contribution in [3.05, 3.63) is 77.1 Å². The number of nitrogens with zero attached hydrogens (tertiary/aromatic N) is 5. The molecule has 7 nitrogen and oxygen atoms in total. The van der Waals surface area contributed by atoms with Crippen LogP contribution in [0.2, 0.25) is 0 Å². The van der Waals surface area contributed by atoms with Crippen LogP contribution in [0.4, 0.5) is 18.9 Å². The second-order valence-electron chi connectivity index (χ2n) is 8.36. The fourth-order valence-electron chi connectivity index (χ4n) is 4.08. The largest absolute Gasteiger partial charge is 0.491 e. The Hall–Kier alpha value is -4.00. The van der Waals surface area contributed by atoms with E-state index in [0.29, 0.717) is 23.7 Å². The number of nitriles is 1. The molecule has 2 aromatic carbocycles. The predicted molar refractivity (Wildman–Crippen MR) is 123 cm³/mol. The molecule has 1 saturated heterocycles. The highest BCUT2D eigenvalue weighted by molar-refractivity contribution is 5.93. The first-order valence-corrected chi connectivity index (χ1v) is 11.0. The number of alkyl halides is 3. The Labute approximate surface area is 200 Å². The molecule has 0 saturated carbocycles. The lowest BCUT2D eigenvalue weighted by Crippen LogP contribution is -2.57. The first-order chi connectivity index (χ1) is 16.7. The molecule has 1 fully saturated rings. The second kappa shape index (κ2) is 9.70. The highest BCUT2D eigenvalue weighted by Crippen LogP contribution is 2.35. The number of para-hydroxylation sites is 1. The average molecular weight is 483 g/mol. The van der Waals surface area contributed by atoms with Crippen molar-refractivity contribution >= 4 is 11.6 Å². The van der Waals surface area contributed by atoms with Crippen LogP contribution >= 0.6 is 0 Å². The molecule has 35 heavy (non-hydrogen) atoms. The summed E-state index contributed by atoms with van der Waals surface area (Å²) in [4.78, 5) is 16.7. The van der Waals surface area contributed by atoms with Crippen LogP contribution in [0.25, 0.3) is 0 Å². The minimum atomic E-state index is -4.65. The Balaban J connectivity index is 1.60. The number of aromatic nitrogens is 2. The minimum absolute atomic E-state index is 0.153. The quantitative estimate of drug-likeness (QED) is 0.548. The number of halogens is 3. The molecule has 1 atom stereocenters. The van der Waals surface area contributed by atoms with Gasteiger partial charge in [0.15, 0.2) is 5.69 Å². The highest BCUT2D eigenvalue weighted by atomic mass is 19.4. The normalized spacial score (nSPS) is 16.2. The molecule has 0 bridgehead atoms. The Morgan fingerprint density at radius 2 is 1.91 bits per heavy atom. The molecule has 10 heteroatoms. The molecular weight excluding hydrogens is 459 g/mol. The number of aryl methyl sites for hydroxylation is 2. The summed E-state index contributed by atoms with van der Waals surface area (Å²) >= 11 is 0. The number of anilines is 1. The van der Waals surface area contributed by atoms with Gasteiger partial charge < -0.3 is 14.5 Å². The summed E-state index contributed by atoms with van der Waals surface area (Å²) in [6.07, 6.45) is -4.65. The van der Waals surface area contributed by atoms with Crippen molar-refractivity contribution in [2.45, 2.75) is 19.1 Å². The maximum absolute atomic E-state index is 13.5. The number of hydrogen-bond acceptors (Lipinski definition) is 5. The Bertz CT molecular complexity index is 1230. The van der Waals surface area contributed by atoms with Crippen molar-refractivity contribution in [1.29, 1.82) is 5.26 Å². The lowest BCUT2D eigenvalue weighted by Gasteiger charge is -2.42. The van der Waals surface area contributed by atoms with Crippen LogP contribution in [-0.2, 0) is 13.2 Å². The van der Waals surface area contributed by atoms with Crippen LogP contribution in [0, 0.1) is 18.3 Å². The summed E-state index contributed by atoms with van der Waals surface area (Å²) in [5.74, 6) is 0.370. The fourth-order valence-corrected chi connectivity index (χ4v) is 4.08. The molecule has 0 spiro atoms. The molecule has 0 radical (unpaired) electrons. The highest BCUT2D eigenvalue weighted by Gasteiger charge is 2.36. The van der Waals surface area contributed by atoms with Gasteiger partial charge in [0.05, 0.1) is 23.2 Å². The fraction of sp³-hybridized carbons (Fsp3) is 0.320. The lowest BCUT2D eigenvalue weighted by molar-refractivity contribution is -0.137. The first-order valence-electron chi connectivity index (χ1n) is 11.0. The summed E-state index contributed by atoms with van der Waals surface area (Å²) in [7, 11) is 1.75. The van der Waals surface area contributed by atoms with Gasteiger partial charge in [-0.05, 0) is 43.3 Å². The first kappa shape index (κ1) is 24.1. The summed E-state index contributed by atoms with van der Waals surface area (Å²) in [6.45, 7) is 2.86. The van der Waals surface area contributed by atoms with Gasteiger partial charge in [0.2, 0.25) is 0 Å². The Morgan fingerprint density at radius 1 is 1.17 bits per heavy atom. The molecular formula is C25H24F3N5O2. The Kier molecular flexibility index (Phi) is 6.69. The van der Waals surface area contributed by atoms with E-state index < -0.39 is 23.3 Å². The molecule has 2 heterocycles. The van der Waals surface area contributed by atoms with Crippen LogP contribution in [0.15, 0.2) is 54.6 Å². The molecule has 1 aromatic heterocycles. The van der Waals surface area contributed by atoms with E-state index in [1.807, 2.05) is 25.1 Å². The number of amides is 1. The number of carbonyl (C=O) groups excluding carboxylic acids is 1. The van der Waals surface area contributed by atoms with E-state index in [-0.39, 0.29) is 25.6 Å². The maximum atomic E-state index is 13.5. The van der Waals surface area contributed by atoms with Crippen molar-refractivity contribution in [3.63, 3.8) is 0 Å². The third-order valence-electron chi connectivity index (χ3n) is 6.06. The third-order valence-corrected chi connectivity index (χ3v) is 6.06. The SMILES string of the molecule is Cc1cc(C(=O)N2CCN(c3ccc(C#N)c(C(F)(F)F)c3)CC2COc2ccccc2)nn1C. The van der Waals surface area contributed by atoms with Crippen LogP contribution in [-0.4, -0.2) is 52.9 Å². The molecule has 182 valence electrons. The average Bonchev–Trinajstić information content (AvgIpc) is 3.19. The van der Waals surface area contributed by atoms with E-state index in [9.17, 15) is 18.0 Å². The van der Waals surface area contributed by atoms with Gasteiger partial charge in [-0.2, -0.15) is 23.5 Å². The van der Waals surface area contributed by atoms with Gasteiger partial charge in [-0.3, -0.25) is 9.48 Å². The summed E-state index contributed by atoms with van der Waals surface area (Å²) in [5, 5.41) is 13.4. The molecule has 0 aliphatic carbocycles. The molecule has 0 N–H and O–H groups in total. The van der Waals surface area contributed by atoms with Crippen molar-refractivity contribution in [3.8, 4) is 11.8 Å². The zero-order valence-electron chi connectivity index (χ0n) is 19.3. The zero-order chi connectivity index (χ0) is 25.2. The number of ether oxygens (including phenoxy) is 1. The van der Waals surface area contributed by atoms with Crippen molar-refractivity contribution in [2.75, 3.05) is 31.1 Å². The van der Waals surface area contributed by atoms with Gasteiger partial charge in [-0.25, -0.2) is 0 Å². The smallest absolute Gasteiger partial charge is 0.417 e. The van der Waals surface area contributed by atoms with E-state index in [0.717, 1.165) is 11.8 Å². The molecule has 1 amide bonds. The van der Waals surface area contributed by atoms with E-state index in [1.165, 1.54) is 12.1 Å². The van der Waals surface area contributed by atoms with Gasteiger partial charge in [-0.1, -0.05) is 18.2 Å². The van der Waals surface area contributed by atoms with Crippen molar-refractivity contribution in [2.24, 2.45) is 7.05 Å². The van der Waals surface area contributed by atoms with E-state index in [4.69, 9.17) is 10.00 Å². The standard InChI is InChI=1S/C25H24F3N5O2/c1-17-12-23(30-31(17)2)24(34)33-11-10-32(15-20(33)16-35-21-6-4-3-5-7-21)19-9-8-18(14-29)22(13-19)25(26,27)28/h3-9,12-13,20H,10-11,15-16H2,1-2H3. The van der Waals surface area contributed by atoms with Gasteiger partial charge in [-0.15, -0.1) is 0 Å². The van der Waals surface area contributed by atoms with Crippen molar-refractivity contribution < 1.29 is 22.7 Å². The molecule has 3 aromatic rings. The molecule has 1 unspecified atom stereocenters. The van der Waals surface area contributed by atoms with Gasteiger partial charge in [0.1, 0.15) is 12.4 Å². The number of hydrogen-bond donors (Lipinski definition) is 0. The number of piperazine rings is 1. The van der Waals surface area contributed by atoms with E-state index in [1.54, 1.807) is 45.8 Å².